The van der Waals surface area contributed by atoms with E-state index in [-0.39, 0.29) is 5.91 Å². The second kappa shape index (κ2) is 5.87. The number of carbonyl (C=O) groups is 1. The van der Waals surface area contributed by atoms with Crippen LogP contribution in [0.25, 0.3) is 0 Å². The molecule has 0 radical (unpaired) electrons. The molecule has 1 N–H and O–H groups in total. The number of nitrogens with zero attached hydrogens (tertiary/aromatic N) is 2. The highest BCUT2D eigenvalue weighted by Gasteiger charge is 2.14. The topological polar surface area (TPSA) is 35.6 Å². The van der Waals surface area contributed by atoms with Crippen molar-refractivity contribution in [2.24, 2.45) is 0 Å². The molecule has 0 saturated carbocycles. The van der Waals surface area contributed by atoms with Crippen LogP contribution in [0.3, 0.4) is 0 Å². The van der Waals surface area contributed by atoms with Gasteiger partial charge in [0.1, 0.15) is 0 Å². The van der Waals surface area contributed by atoms with Crippen LogP contribution in [0.5, 0.6) is 0 Å². The number of piperazine rings is 1. The second-order valence-corrected chi connectivity index (χ2v) is 4.74. The Morgan fingerprint density at radius 1 is 1.28 bits per heavy atom. The van der Waals surface area contributed by atoms with Gasteiger partial charge in [0, 0.05) is 44.0 Å². The van der Waals surface area contributed by atoms with Gasteiger partial charge in [0.15, 0.2) is 0 Å². The van der Waals surface area contributed by atoms with E-state index in [1.807, 2.05) is 19.1 Å². The summed E-state index contributed by atoms with van der Waals surface area (Å²) in [6.07, 6.45) is 0.513. The fourth-order valence-corrected chi connectivity index (χ4v) is 2.09. The number of amides is 1. The van der Waals surface area contributed by atoms with E-state index in [1.54, 1.807) is 0 Å². The first-order valence-electron chi connectivity index (χ1n) is 6.52. The van der Waals surface area contributed by atoms with E-state index in [0.717, 1.165) is 31.9 Å². The number of hydrogen-bond acceptors (Lipinski definition) is 3. The Balaban J connectivity index is 2.05. The molecule has 0 unspecified atom stereocenters. The molecular weight excluding hydrogens is 226 g/mol. The zero-order chi connectivity index (χ0) is 13.0. The standard InChI is InChI=1S/C14H21N3O/c1-3-14(18)15-12-5-4-6-13(11-12)17-9-7-16(2)8-10-17/h4-6,11H,3,7-10H2,1-2H3,(H,15,18). The number of nitrogens with one attached hydrogen (secondary N) is 1. The molecule has 0 aliphatic carbocycles. The van der Waals surface area contributed by atoms with E-state index in [4.69, 9.17) is 0 Å². The molecule has 0 bridgehead atoms. The van der Waals surface area contributed by atoms with Gasteiger partial charge in [0.25, 0.3) is 0 Å². The van der Waals surface area contributed by atoms with Crippen molar-refractivity contribution in [2.75, 3.05) is 43.4 Å². The summed E-state index contributed by atoms with van der Waals surface area (Å²) in [6, 6.07) is 8.10. The van der Waals surface area contributed by atoms with Crippen LogP contribution in [0.1, 0.15) is 13.3 Å². The Kier molecular flexibility index (Phi) is 4.20. The Morgan fingerprint density at radius 2 is 2.00 bits per heavy atom. The van der Waals surface area contributed by atoms with E-state index < -0.39 is 0 Å². The summed E-state index contributed by atoms with van der Waals surface area (Å²) in [7, 11) is 2.15. The molecule has 1 aliphatic rings. The van der Waals surface area contributed by atoms with E-state index in [9.17, 15) is 4.79 Å². The molecular formula is C14H21N3O. The molecule has 4 nitrogen and oxygen atoms in total. The lowest BCUT2D eigenvalue weighted by atomic mass is 10.2. The van der Waals surface area contributed by atoms with Gasteiger partial charge in [-0.3, -0.25) is 4.79 Å². The molecule has 2 rings (SSSR count). The molecule has 0 aromatic heterocycles. The Hall–Kier alpha value is -1.55. The molecule has 0 spiro atoms. The van der Waals surface area contributed by atoms with Gasteiger partial charge in [0.2, 0.25) is 5.91 Å². The van der Waals surface area contributed by atoms with Crippen molar-refractivity contribution in [1.82, 2.24) is 4.90 Å². The Labute approximate surface area is 109 Å². The average molecular weight is 247 g/mol. The van der Waals surface area contributed by atoms with Crippen molar-refractivity contribution in [3.8, 4) is 0 Å². The number of rotatable bonds is 3. The third kappa shape index (κ3) is 3.23. The fourth-order valence-electron chi connectivity index (χ4n) is 2.09. The summed E-state index contributed by atoms with van der Waals surface area (Å²) in [5, 5.41) is 2.90. The van der Waals surface area contributed by atoms with Crippen LogP contribution < -0.4 is 10.2 Å². The highest BCUT2D eigenvalue weighted by Crippen LogP contribution is 2.20. The highest BCUT2D eigenvalue weighted by atomic mass is 16.1. The maximum Gasteiger partial charge on any atom is 0.224 e. The zero-order valence-corrected chi connectivity index (χ0v) is 11.1. The summed E-state index contributed by atoms with van der Waals surface area (Å²) in [4.78, 5) is 16.1. The summed E-state index contributed by atoms with van der Waals surface area (Å²) >= 11 is 0. The SMILES string of the molecule is CCC(=O)Nc1cccc(N2CCN(C)CC2)c1. The molecule has 4 heteroatoms. The fraction of sp³-hybridized carbons (Fsp3) is 0.500. The lowest BCUT2D eigenvalue weighted by Crippen LogP contribution is -2.44. The highest BCUT2D eigenvalue weighted by molar-refractivity contribution is 5.91. The normalized spacial score (nSPS) is 16.7. The summed E-state index contributed by atoms with van der Waals surface area (Å²) in [6.45, 7) is 6.13. The van der Waals surface area contributed by atoms with Gasteiger partial charge in [-0.15, -0.1) is 0 Å². The van der Waals surface area contributed by atoms with Gasteiger partial charge in [-0.2, -0.15) is 0 Å². The maximum absolute atomic E-state index is 11.4. The molecule has 1 saturated heterocycles. The van der Waals surface area contributed by atoms with Gasteiger partial charge in [-0.1, -0.05) is 13.0 Å². The smallest absolute Gasteiger partial charge is 0.224 e. The minimum Gasteiger partial charge on any atom is -0.369 e. The summed E-state index contributed by atoms with van der Waals surface area (Å²) in [5.41, 5.74) is 2.08. The Bertz CT molecular complexity index is 411. The van der Waals surface area contributed by atoms with Gasteiger partial charge in [-0.25, -0.2) is 0 Å². The van der Waals surface area contributed by atoms with Crippen molar-refractivity contribution in [3.63, 3.8) is 0 Å². The molecule has 1 aromatic carbocycles. The molecule has 0 atom stereocenters. The van der Waals surface area contributed by atoms with Crippen LogP contribution in [0.2, 0.25) is 0 Å². The number of benzene rings is 1. The first kappa shape index (κ1) is 12.9. The predicted molar refractivity (Wildman–Crippen MR) is 75.1 cm³/mol. The quantitative estimate of drug-likeness (QED) is 0.884. The second-order valence-electron chi connectivity index (χ2n) is 4.74. The van der Waals surface area contributed by atoms with E-state index in [0.29, 0.717) is 6.42 Å². The van der Waals surface area contributed by atoms with Crippen LogP contribution in [-0.2, 0) is 4.79 Å². The van der Waals surface area contributed by atoms with Crippen molar-refractivity contribution in [3.05, 3.63) is 24.3 Å². The van der Waals surface area contributed by atoms with Crippen LogP contribution >= 0.6 is 0 Å². The van der Waals surface area contributed by atoms with Crippen molar-refractivity contribution in [1.29, 1.82) is 0 Å². The van der Waals surface area contributed by atoms with Crippen LogP contribution in [-0.4, -0.2) is 44.0 Å². The number of hydrogen-bond donors (Lipinski definition) is 1. The molecule has 1 fully saturated rings. The molecule has 1 aromatic rings. The lowest BCUT2D eigenvalue weighted by Gasteiger charge is -2.34. The van der Waals surface area contributed by atoms with Crippen molar-refractivity contribution < 1.29 is 4.79 Å². The molecule has 98 valence electrons. The third-order valence-electron chi connectivity index (χ3n) is 3.32. The third-order valence-corrected chi connectivity index (χ3v) is 3.32. The Morgan fingerprint density at radius 3 is 2.67 bits per heavy atom. The molecule has 1 amide bonds. The molecule has 1 aliphatic heterocycles. The van der Waals surface area contributed by atoms with Crippen molar-refractivity contribution in [2.45, 2.75) is 13.3 Å². The maximum atomic E-state index is 11.4. The van der Waals surface area contributed by atoms with E-state index in [1.165, 1.54) is 5.69 Å². The van der Waals surface area contributed by atoms with Crippen molar-refractivity contribution >= 4 is 17.3 Å². The monoisotopic (exact) mass is 247 g/mol. The number of carbonyl (C=O) groups excluding carboxylic acids is 1. The first-order chi connectivity index (χ1) is 8.69. The van der Waals surface area contributed by atoms with Gasteiger partial charge >= 0.3 is 0 Å². The largest absolute Gasteiger partial charge is 0.369 e. The van der Waals surface area contributed by atoms with E-state index in [2.05, 4.69) is 34.3 Å². The number of anilines is 2. The average Bonchev–Trinajstić information content (AvgIpc) is 2.40. The van der Waals surface area contributed by atoms with Crippen LogP contribution in [0, 0.1) is 0 Å². The molecule has 18 heavy (non-hydrogen) atoms. The van der Waals surface area contributed by atoms with Gasteiger partial charge < -0.3 is 15.1 Å². The summed E-state index contributed by atoms with van der Waals surface area (Å²) in [5.74, 6) is 0.0607. The first-order valence-corrected chi connectivity index (χ1v) is 6.52. The zero-order valence-electron chi connectivity index (χ0n) is 11.1. The minimum absolute atomic E-state index is 0.0607. The summed E-state index contributed by atoms with van der Waals surface area (Å²) < 4.78 is 0. The number of likely N-dealkylation sites (N-methyl/N-ethyl adjacent to an activating group) is 1. The minimum atomic E-state index is 0.0607. The van der Waals surface area contributed by atoms with Gasteiger partial charge in [-0.05, 0) is 25.2 Å². The van der Waals surface area contributed by atoms with Crippen LogP contribution in [0.4, 0.5) is 11.4 Å². The molecule has 1 heterocycles. The van der Waals surface area contributed by atoms with Crippen LogP contribution in [0.15, 0.2) is 24.3 Å². The lowest BCUT2D eigenvalue weighted by molar-refractivity contribution is -0.115. The predicted octanol–water partition coefficient (Wildman–Crippen LogP) is 1.79. The van der Waals surface area contributed by atoms with E-state index >= 15 is 0 Å². The van der Waals surface area contributed by atoms with Gasteiger partial charge in [0.05, 0.1) is 0 Å².